The molecule has 0 spiro atoms. The van der Waals surface area contributed by atoms with Crippen LogP contribution in [0.25, 0.3) is 11.0 Å². The number of para-hydroxylation sites is 2. The molecule has 2 heterocycles. The van der Waals surface area contributed by atoms with E-state index in [-0.39, 0.29) is 24.7 Å². The number of imidazole rings is 1. The molecule has 0 fully saturated rings. The maximum atomic E-state index is 12.4. The fraction of sp³-hybridized carbons (Fsp3) is 0.304. The maximum Gasteiger partial charge on any atom is 0.243 e. The number of hydrogen-bond donors (Lipinski definition) is 1. The summed E-state index contributed by atoms with van der Waals surface area (Å²) in [4.78, 5) is 29.1. The number of hydrazone groups is 1. The van der Waals surface area contributed by atoms with Gasteiger partial charge in [0.05, 0.1) is 23.3 Å². The molecule has 4 rings (SSSR count). The summed E-state index contributed by atoms with van der Waals surface area (Å²) in [5.74, 6) is 0.672. The van der Waals surface area contributed by atoms with Crippen LogP contribution in [0.1, 0.15) is 30.7 Å². The van der Waals surface area contributed by atoms with Gasteiger partial charge in [0, 0.05) is 32.4 Å². The molecule has 3 aromatic rings. The van der Waals surface area contributed by atoms with Gasteiger partial charge >= 0.3 is 0 Å². The first kappa shape index (κ1) is 19.8. The van der Waals surface area contributed by atoms with Crippen LogP contribution < -0.4 is 5.32 Å². The summed E-state index contributed by atoms with van der Waals surface area (Å²) in [5.41, 5.74) is 3.96. The molecular formula is C23H25N5O2. The Hall–Kier alpha value is -3.48. The van der Waals surface area contributed by atoms with Crippen LogP contribution in [0.15, 0.2) is 59.7 Å². The van der Waals surface area contributed by atoms with Crippen LogP contribution >= 0.6 is 0 Å². The monoisotopic (exact) mass is 403 g/mol. The van der Waals surface area contributed by atoms with Gasteiger partial charge in [-0.05, 0) is 24.6 Å². The number of aromatic nitrogens is 2. The summed E-state index contributed by atoms with van der Waals surface area (Å²) in [5, 5.41) is 8.81. The molecule has 0 bridgehead atoms. The molecule has 7 heteroatoms. The number of benzene rings is 2. The second kappa shape index (κ2) is 8.90. The van der Waals surface area contributed by atoms with Crippen molar-refractivity contribution in [1.82, 2.24) is 19.9 Å². The van der Waals surface area contributed by atoms with Crippen molar-refractivity contribution in [1.29, 1.82) is 0 Å². The van der Waals surface area contributed by atoms with Crippen molar-refractivity contribution < 1.29 is 9.59 Å². The first-order valence-corrected chi connectivity index (χ1v) is 10.2. The summed E-state index contributed by atoms with van der Waals surface area (Å²) < 4.78 is 2.09. The van der Waals surface area contributed by atoms with Crippen LogP contribution in [0.3, 0.4) is 0 Å². The molecular weight excluding hydrogens is 378 g/mol. The number of amides is 2. The van der Waals surface area contributed by atoms with Crippen molar-refractivity contribution in [2.45, 2.75) is 32.7 Å². The first-order chi connectivity index (χ1) is 14.6. The fourth-order valence-electron chi connectivity index (χ4n) is 3.69. The van der Waals surface area contributed by atoms with Gasteiger partial charge in [0.25, 0.3) is 0 Å². The quantitative estimate of drug-likeness (QED) is 0.659. The van der Waals surface area contributed by atoms with E-state index in [1.165, 1.54) is 5.01 Å². The standard InChI is InChI=1S/C23H25N5O2/c1-17-25-20-9-5-6-10-21(20)27(17)16-14-24-22(29)11-12-23(30)28-15-13-19(26-28)18-7-3-2-4-8-18/h2-10H,11-16H2,1H3,(H,24,29). The number of carbonyl (C=O) groups is 2. The summed E-state index contributed by atoms with van der Waals surface area (Å²) in [6, 6.07) is 17.8. The number of carbonyl (C=O) groups excluding carboxylic acids is 2. The largest absolute Gasteiger partial charge is 0.354 e. The third-order valence-corrected chi connectivity index (χ3v) is 5.27. The van der Waals surface area contributed by atoms with Crippen molar-refractivity contribution in [3.05, 3.63) is 66.0 Å². The Labute approximate surface area is 175 Å². The lowest BCUT2D eigenvalue weighted by Gasteiger charge is -2.12. The number of nitrogens with zero attached hydrogens (tertiary/aromatic N) is 4. The predicted octanol–water partition coefficient (Wildman–Crippen LogP) is 2.88. The Kier molecular flexibility index (Phi) is 5.88. The van der Waals surface area contributed by atoms with Crippen LogP contribution in [0, 0.1) is 6.92 Å². The zero-order chi connectivity index (χ0) is 20.9. The molecule has 0 aliphatic carbocycles. The highest BCUT2D eigenvalue weighted by Crippen LogP contribution is 2.16. The molecule has 1 aliphatic heterocycles. The molecule has 0 unspecified atom stereocenters. The van der Waals surface area contributed by atoms with Crippen molar-refractivity contribution in [2.75, 3.05) is 13.1 Å². The van der Waals surface area contributed by atoms with Crippen LogP contribution in [-0.2, 0) is 16.1 Å². The minimum absolute atomic E-state index is 0.118. The molecule has 0 saturated heterocycles. The van der Waals surface area contributed by atoms with Gasteiger partial charge in [0.15, 0.2) is 0 Å². The molecule has 1 aliphatic rings. The Bertz CT molecular complexity index is 1090. The predicted molar refractivity (Wildman–Crippen MR) is 116 cm³/mol. The van der Waals surface area contributed by atoms with E-state index >= 15 is 0 Å². The van der Waals surface area contributed by atoms with E-state index < -0.39 is 0 Å². The lowest BCUT2D eigenvalue weighted by Crippen LogP contribution is -2.30. The molecule has 0 saturated carbocycles. The second-order valence-corrected chi connectivity index (χ2v) is 7.33. The fourth-order valence-corrected chi connectivity index (χ4v) is 3.69. The lowest BCUT2D eigenvalue weighted by molar-refractivity contribution is -0.133. The minimum atomic E-state index is -0.128. The molecule has 2 amide bonds. The summed E-state index contributed by atoms with van der Waals surface area (Å²) in [6.07, 6.45) is 1.06. The smallest absolute Gasteiger partial charge is 0.243 e. The minimum Gasteiger partial charge on any atom is -0.354 e. The van der Waals surface area contributed by atoms with Crippen molar-refractivity contribution in [3.8, 4) is 0 Å². The Morgan fingerprint density at radius 2 is 1.80 bits per heavy atom. The second-order valence-electron chi connectivity index (χ2n) is 7.33. The third kappa shape index (κ3) is 4.40. The number of rotatable bonds is 7. The molecule has 154 valence electrons. The van der Waals surface area contributed by atoms with E-state index in [1.54, 1.807) is 0 Å². The molecule has 2 aromatic carbocycles. The van der Waals surface area contributed by atoms with Gasteiger partial charge in [-0.2, -0.15) is 5.10 Å². The zero-order valence-electron chi connectivity index (χ0n) is 17.0. The van der Waals surface area contributed by atoms with Gasteiger partial charge in [-0.1, -0.05) is 42.5 Å². The summed E-state index contributed by atoms with van der Waals surface area (Å²) in [7, 11) is 0. The van der Waals surface area contributed by atoms with Crippen LogP contribution in [0.4, 0.5) is 0 Å². The average Bonchev–Trinajstić information content (AvgIpc) is 3.38. The molecule has 30 heavy (non-hydrogen) atoms. The molecule has 0 radical (unpaired) electrons. The van der Waals surface area contributed by atoms with Crippen molar-refractivity contribution in [3.63, 3.8) is 0 Å². The van der Waals surface area contributed by atoms with Gasteiger partial charge in [-0.15, -0.1) is 0 Å². The van der Waals surface area contributed by atoms with Crippen LogP contribution in [0.2, 0.25) is 0 Å². The van der Waals surface area contributed by atoms with Crippen LogP contribution in [0.5, 0.6) is 0 Å². The third-order valence-electron chi connectivity index (χ3n) is 5.27. The van der Waals surface area contributed by atoms with Crippen LogP contribution in [-0.4, -0.2) is 45.2 Å². The van der Waals surface area contributed by atoms with Gasteiger partial charge in [-0.25, -0.2) is 9.99 Å². The SMILES string of the molecule is Cc1nc2ccccc2n1CCNC(=O)CCC(=O)N1CCC(c2ccccc2)=N1. The van der Waals surface area contributed by atoms with E-state index in [1.807, 2.05) is 61.5 Å². The van der Waals surface area contributed by atoms with Crippen molar-refractivity contribution >= 4 is 28.6 Å². The molecule has 7 nitrogen and oxygen atoms in total. The van der Waals surface area contributed by atoms with Gasteiger partial charge < -0.3 is 9.88 Å². The average molecular weight is 403 g/mol. The first-order valence-electron chi connectivity index (χ1n) is 10.2. The summed E-state index contributed by atoms with van der Waals surface area (Å²) >= 11 is 0. The topological polar surface area (TPSA) is 79.6 Å². The van der Waals surface area contributed by atoms with E-state index in [0.29, 0.717) is 19.6 Å². The van der Waals surface area contributed by atoms with E-state index in [2.05, 4.69) is 20.0 Å². The number of fused-ring (bicyclic) bond motifs is 1. The van der Waals surface area contributed by atoms with Gasteiger partial charge in [-0.3, -0.25) is 9.59 Å². The lowest BCUT2D eigenvalue weighted by atomic mass is 10.1. The Balaban J connectivity index is 1.24. The zero-order valence-corrected chi connectivity index (χ0v) is 17.0. The van der Waals surface area contributed by atoms with Gasteiger partial charge in [0.2, 0.25) is 11.8 Å². The van der Waals surface area contributed by atoms with E-state index in [4.69, 9.17) is 0 Å². The van der Waals surface area contributed by atoms with Crippen molar-refractivity contribution in [2.24, 2.45) is 5.10 Å². The highest BCUT2D eigenvalue weighted by Gasteiger charge is 2.21. The number of aryl methyl sites for hydroxylation is 1. The van der Waals surface area contributed by atoms with E-state index in [0.717, 1.165) is 34.6 Å². The molecule has 1 aromatic heterocycles. The highest BCUT2D eigenvalue weighted by molar-refractivity contribution is 6.02. The summed E-state index contributed by atoms with van der Waals surface area (Å²) in [6.45, 7) is 3.66. The highest BCUT2D eigenvalue weighted by atomic mass is 16.2. The Morgan fingerprint density at radius 1 is 1.03 bits per heavy atom. The maximum absolute atomic E-state index is 12.4. The normalized spacial score (nSPS) is 13.5. The molecule has 1 N–H and O–H groups in total. The Morgan fingerprint density at radius 3 is 2.63 bits per heavy atom. The van der Waals surface area contributed by atoms with Gasteiger partial charge in [0.1, 0.15) is 5.82 Å². The molecule has 0 atom stereocenters. The van der Waals surface area contributed by atoms with E-state index in [9.17, 15) is 9.59 Å². The number of nitrogens with one attached hydrogen (secondary N) is 1. The number of hydrogen-bond acceptors (Lipinski definition) is 4.